The van der Waals surface area contributed by atoms with E-state index in [1.165, 1.54) is 0 Å². The van der Waals surface area contributed by atoms with E-state index < -0.39 is 5.92 Å². The Morgan fingerprint density at radius 1 is 1.00 bits per heavy atom. The number of aliphatic imine (C=N–C) groups is 1. The highest BCUT2D eigenvalue weighted by Gasteiger charge is 2.38. The highest BCUT2D eigenvalue weighted by molar-refractivity contribution is 6.13. The average Bonchev–Trinajstić information content (AvgIpc) is 3.48. The molecule has 0 unspecified atom stereocenters. The Morgan fingerprint density at radius 2 is 1.93 bits per heavy atom. The number of nitrogens with one attached hydrogen (secondary N) is 2. The van der Waals surface area contributed by atoms with Crippen LogP contribution in [0.4, 0.5) is 8.78 Å². The van der Waals surface area contributed by atoms with Crippen LogP contribution in [0.5, 0.6) is 0 Å². The molecular weight excluding hydrogens is 522 g/mol. The van der Waals surface area contributed by atoms with Crippen molar-refractivity contribution in [3.8, 4) is 22.5 Å². The highest BCUT2D eigenvalue weighted by atomic mass is 19.3. The van der Waals surface area contributed by atoms with Crippen LogP contribution >= 0.6 is 0 Å². The molecule has 0 amide bonds. The molecule has 41 heavy (non-hydrogen) atoms. The van der Waals surface area contributed by atoms with Crippen molar-refractivity contribution < 1.29 is 8.78 Å². The Hall–Kier alpha value is -4.41. The van der Waals surface area contributed by atoms with Gasteiger partial charge >= 0.3 is 0 Å². The average molecular weight is 551 g/mol. The zero-order valence-corrected chi connectivity index (χ0v) is 22.5. The fourth-order valence-corrected chi connectivity index (χ4v) is 5.65. The first-order valence-electron chi connectivity index (χ1n) is 13.6. The molecule has 0 spiro atoms. The van der Waals surface area contributed by atoms with Gasteiger partial charge in [0, 0.05) is 55.8 Å². The lowest BCUT2D eigenvalue weighted by molar-refractivity contribution is 0.0115. The van der Waals surface area contributed by atoms with Crippen molar-refractivity contribution in [1.82, 2.24) is 35.1 Å². The number of nitrogens with zero attached hydrogens (tertiary/aromatic N) is 6. The van der Waals surface area contributed by atoms with E-state index in [1.807, 2.05) is 42.3 Å². The molecule has 2 aliphatic heterocycles. The topological polar surface area (TPSA) is 95.0 Å². The van der Waals surface area contributed by atoms with Crippen LogP contribution in [0, 0.1) is 6.92 Å². The van der Waals surface area contributed by atoms with Crippen LogP contribution in [0.1, 0.15) is 34.6 Å². The maximum absolute atomic E-state index is 13.8. The smallest absolute Gasteiger partial charge is 0.261 e. The summed E-state index contributed by atoms with van der Waals surface area (Å²) in [5.74, 6) is -1.98. The summed E-state index contributed by atoms with van der Waals surface area (Å²) >= 11 is 0. The number of hydrogen-bond acceptors (Lipinski definition) is 7. The SMILES string of the molecule is Cc1cc(CN2CCC(F)(F)C2)cc(-c2cnc3c(c2)C(c2nc4c(-c5ccccn5)nccc4[nH]2)=NCNC3)c1. The van der Waals surface area contributed by atoms with Crippen molar-refractivity contribution in [3.05, 3.63) is 95.3 Å². The summed E-state index contributed by atoms with van der Waals surface area (Å²) in [4.78, 5) is 28.9. The van der Waals surface area contributed by atoms with Gasteiger partial charge in [-0.15, -0.1) is 0 Å². The standard InChI is InChI=1S/C31H28F2N8/c1-19-10-20(16-41-9-6-31(32,33)17-41)12-21(11-19)22-13-23-26(37-14-22)15-34-18-38-27(23)30-39-25-5-8-36-28(29(25)40-30)24-4-2-3-7-35-24/h2-5,7-8,10-14,34H,6,9,15-18H2,1H3,(H,39,40). The number of aryl methyl sites for hydroxylation is 1. The number of fused-ring (bicyclic) bond motifs is 2. The van der Waals surface area contributed by atoms with Crippen molar-refractivity contribution in [3.63, 3.8) is 0 Å². The van der Waals surface area contributed by atoms with E-state index in [0.717, 1.165) is 56.0 Å². The molecule has 0 bridgehead atoms. The number of rotatable bonds is 5. The van der Waals surface area contributed by atoms with Crippen molar-refractivity contribution in [2.45, 2.75) is 32.4 Å². The molecule has 0 aliphatic carbocycles. The third-order valence-corrected chi connectivity index (χ3v) is 7.52. The second-order valence-corrected chi connectivity index (χ2v) is 10.7. The van der Waals surface area contributed by atoms with Gasteiger partial charge in [-0.3, -0.25) is 30.2 Å². The number of imidazole rings is 1. The van der Waals surface area contributed by atoms with Crippen LogP contribution in [0.3, 0.4) is 0 Å². The molecule has 1 fully saturated rings. The van der Waals surface area contributed by atoms with E-state index in [2.05, 4.69) is 44.5 Å². The van der Waals surface area contributed by atoms with Gasteiger partial charge in [0.1, 0.15) is 16.9 Å². The summed E-state index contributed by atoms with van der Waals surface area (Å²) < 4.78 is 27.6. The lowest BCUT2D eigenvalue weighted by Crippen LogP contribution is -2.24. The lowest BCUT2D eigenvalue weighted by Gasteiger charge is -2.17. The number of H-pyrrole nitrogens is 1. The number of alkyl halides is 2. The Bertz CT molecular complexity index is 1780. The maximum atomic E-state index is 13.8. The number of benzene rings is 1. The number of likely N-dealkylation sites (tertiary alicyclic amines) is 1. The molecule has 0 radical (unpaired) electrons. The fourth-order valence-electron chi connectivity index (χ4n) is 5.65. The van der Waals surface area contributed by atoms with Crippen molar-refractivity contribution in [2.24, 2.45) is 4.99 Å². The molecule has 206 valence electrons. The Labute approximate surface area is 235 Å². The first-order valence-corrected chi connectivity index (χ1v) is 13.6. The molecule has 8 nitrogen and oxygen atoms in total. The molecule has 7 rings (SSSR count). The summed E-state index contributed by atoms with van der Waals surface area (Å²) in [6.07, 6.45) is 5.27. The zero-order chi connectivity index (χ0) is 28.0. The number of halogens is 2. The van der Waals surface area contributed by atoms with Crippen molar-refractivity contribution in [2.75, 3.05) is 19.8 Å². The van der Waals surface area contributed by atoms with Crippen molar-refractivity contribution >= 4 is 16.7 Å². The first kappa shape index (κ1) is 25.6. The molecule has 0 atom stereocenters. The van der Waals surface area contributed by atoms with Gasteiger partial charge in [0.05, 0.1) is 30.1 Å². The van der Waals surface area contributed by atoms with Gasteiger partial charge in [0.15, 0.2) is 5.82 Å². The van der Waals surface area contributed by atoms with Gasteiger partial charge in [-0.05, 0) is 48.4 Å². The number of pyridine rings is 3. The molecule has 0 saturated carbocycles. The quantitative estimate of drug-likeness (QED) is 0.315. The van der Waals surface area contributed by atoms with Gasteiger partial charge in [-0.25, -0.2) is 13.8 Å². The van der Waals surface area contributed by atoms with E-state index in [1.54, 1.807) is 12.4 Å². The molecule has 2 aliphatic rings. The van der Waals surface area contributed by atoms with E-state index in [4.69, 9.17) is 15.0 Å². The van der Waals surface area contributed by atoms with E-state index in [0.29, 0.717) is 37.8 Å². The summed E-state index contributed by atoms with van der Waals surface area (Å²) in [7, 11) is 0. The summed E-state index contributed by atoms with van der Waals surface area (Å²) in [5.41, 5.74) is 9.50. The lowest BCUT2D eigenvalue weighted by atomic mass is 9.97. The van der Waals surface area contributed by atoms with Crippen LogP contribution < -0.4 is 5.32 Å². The summed E-state index contributed by atoms with van der Waals surface area (Å²) in [6, 6.07) is 16.0. The fraction of sp³-hybridized carbons (Fsp3) is 0.258. The summed E-state index contributed by atoms with van der Waals surface area (Å²) in [6.45, 7) is 3.73. The highest BCUT2D eigenvalue weighted by Crippen LogP contribution is 2.31. The Kier molecular flexibility index (Phi) is 6.36. The largest absolute Gasteiger partial charge is 0.337 e. The minimum absolute atomic E-state index is 0.0855. The van der Waals surface area contributed by atoms with Gasteiger partial charge < -0.3 is 4.98 Å². The number of aromatic nitrogens is 5. The van der Waals surface area contributed by atoms with Crippen LogP contribution in [-0.4, -0.2) is 61.2 Å². The van der Waals surface area contributed by atoms with Crippen LogP contribution in [0.15, 0.2) is 72.1 Å². The molecule has 1 aromatic carbocycles. The van der Waals surface area contributed by atoms with Crippen LogP contribution in [0.25, 0.3) is 33.5 Å². The normalized spacial score (nSPS) is 16.9. The monoisotopic (exact) mass is 550 g/mol. The van der Waals surface area contributed by atoms with Crippen LogP contribution in [0.2, 0.25) is 0 Å². The predicted molar refractivity (Wildman–Crippen MR) is 154 cm³/mol. The molecule has 6 heterocycles. The van der Waals surface area contributed by atoms with Gasteiger partial charge in [0.25, 0.3) is 5.92 Å². The number of aromatic amines is 1. The third-order valence-electron chi connectivity index (χ3n) is 7.52. The molecular formula is C31H28F2N8. The molecule has 10 heteroatoms. The summed E-state index contributed by atoms with van der Waals surface area (Å²) in [5, 5.41) is 3.32. The Balaban J connectivity index is 1.26. The van der Waals surface area contributed by atoms with E-state index >= 15 is 0 Å². The van der Waals surface area contributed by atoms with E-state index in [9.17, 15) is 8.78 Å². The molecule has 2 N–H and O–H groups in total. The minimum Gasteiger partial charge on any atom is -0.337 e. The molecule has 1 saturated heterocycles. The molecule has 5 aromatic rings. The van der Waals surface area contributed by atoms with Crippen molar-refractivity contribution in [1.29, 1.82) is 0 Å². The third kappa shape index (κ3) is 5.12. The van der Waals surface area contributed by atoms with Crippen LogP contribution in [-0.2, 0) is 13.1 Å². The minimum atomic E-state index is -2.61. The first-order chi connectivity index (χ1) is 19.9. The van der Waals surface area contributed by atoms with Gasteiger partial charge in [0.2, 0.25) is 0 Å². The zero-order valence-electron chi connectivity index (χ0n) is 22.5. The Morgan fingerprint density at radius 3 is 2.76 bits per heavy atom. The predicted octanol–water partition coefficient (Wildman–Crippen LogP) is 5.13. The van der Waals surface area contributed by atoms with E-state index in [-0.39, 0.29) is 13.0 Å². The van der Waals surface area contributed by atoms with Gasteiger partial charge in [-0.2, -0.15) is 0 Å². The second-order valence-electron chi connectivity index (χ2n) is 10.7. The maximum Gasteiger partial charge on any atom is 0.261 e. The molecule has 4 aromatic heterocycles. The number of hydrogen-bond donors (Lipinski definition) is 2. The van der Waals surface area contributed by atoms with Gasteiger partial charge in [-0.1, -0.05) is 23.8 Å². The second kappa shape index (κ2) is 10.2.